The molecule has 0 unspecified atom stereocenters. The summed E-state index contributed by atoms with van der Waals surface area (Å²) >= 11 is 0. The minimum atomic E-state index is -0.687. The maximum atomic E-state index is 9.58. The highest BCUT2D eigenvalue weighted by molar-refractivity contribution is 5.43. The van der Waals surface area contributed by atoms with E-state index in [-0.39, 0.29) is 0 Å². The van der Waals surface area contributed by atoms with Crippen LogP contribution in [0.5, 0.6) is 11.5 Å². The molecule has 0 fully saturated rings. The Morgan fingerprint density at radius 1 is 1.24 bits per heavy atom. The fourth-order valence-electron chi connectivity index (χ4n) is 1.71. The lowest BCUT2D eigenvalue weighted by Crippen LogP contribution is -2.34. The maximum absolute atomic E-state index is 9.58. The molecule has 0 spiro atoms. The van der Waals surface area contributed by atoms with Gasteiger partial charge < -0.3 is 19.9 Å². The lowest BCUT2D eigenvalue weighted by molar-refractivity contribution is 0.0795. The molecule has 0 atom stereocenters. The van der Waals surface area contributed by atoms with E-state index in [1.54, 1.807) is 13.8 Å². The molecular formula is C13H19NO3. The van der Waals surface area contributed by atoms with Crippen molar-refractivity contribution in [2.75, 3.05) is 19.8 Å². The molecule has 2 rings (SSSR count). The number of hydrogen-bond donors (Lipinski definition) is 2. The maximum Gasteiger partial charge on any atom is 0.161 e. The first-order valence-corrected chi connectivity index (χ1v) is 5.86. The summed E-state index contributed by atoms with van der Waals surface area (Å²) in [6.45, 7) is 6.05. The van der Waals surface area contributed by atoms with Gasteiger partial charge in [0.05, 0.1) is 5.60 Å². The van der Waals surface area contributed by atoms with Crippen molar-refractivity contribution < 1.29 is 14.6 Å². The Balaban J connectivity index is 1.93. The smallest absolute Gasteiger partial charge is 0.161 e. The highest BCUT2D eigenvalue weighted by Gasteiger charge is 2.13. The van der Waals surface area contributed by atoms with Crippen molar-refractivity contribution in [3.8, 4) is 11.5 Å². The predicted octanol–water partition coefficient (Wildman–Crippen LogP) is 1.32. The molecule has 1 aromatic rings. The highest BCUT2D eigenvalue weighted by atomic mass is 16.6. The molecule has 2 N–H and O–H groups in total. The normalized spacial score (nSPS) is 14.8. The van der Waals surface area contributed by atoms with Crippen molar-refractivity contribution in [3.05, 3.63) is 23.8 Å². The van der Waals surface area contributed by atoms with Gasteiger partial charge in [-0.15, -0.1) is 0 Å². The molecule has 4 heteroatoms. The van der Waals surface area contributed by atoms with Crippen LogP contribution in [0.3, 0.4) is 0 Å². The van der Waals surface area contributed by atoms with E-state index in [1.807, 2.05) is 18.2 Å². The summed E-state index contributed by atoms with van der Waals surface area (Å²) in [7, 11) is 0. The zero-order valence-electron chi connectivity index (χ0n) is 10.3. The van der Waals surface area contributed by atoms with Gasteiger partial charge >= 0.3 is 0 Å². The molecule has 0 aromatic heterocycles. The summed E-state index contributed by atoms with van der Waals surface area (Å²) < 4.78 is 11.0. The standard InChI is InChI=1S/C13H19NO3/c1-13(2,15)9-14-8-10-3-4-11-12(7-10)17-6-5-16-11/h3-4,7,14-15H,5-6,8-9H2,1-2H3. The Kier molecular flexibility index (Phi) is 3.54. The van der Waals surface area contributed by atoms with Crippen LogP contribution in [-0.2, 0) is 6.54 Å². The fourth-order valence-corrected chi connectivity index (χ4v) is 1.71. The minimum absolute atomic E-state index is 0.557. The minimum Gasteiger partial charge on any atom is -0.486 e. The molecule has 0 saturated heterocycles. The van der Waals surface area contributed by atoms with E-state index in [2.05, 4.69) is 5.32 Å². The molecule has 94 valence electrons. The van der Waals surface area contributed by atoms with Crippen molar-refractivity contribution in [1.29, 1.82) is 0 Å². The van der Waals surface area contributed by atoms with Gasteiger partial charge in [-0.3, -0.25) is 0 Å². The molecule has 0 saturated carbocycles. The average molecular weight is 237 g/mol. The molecule has 1 heterocycles. The third-order valence-corrected chi connectivity index (χ3v) is 2.49. The lowest BCUT2D eigenvalue weighted by Gasteiger charge is -2.20. The number of ether oxygens (including phenoxy) is 2. The fraction of sp³-hybridized carbons (Fsp3) is 0.538. The van der Waals surface area contributed by atoms with Crippen LogP contribution in [0.2, 0.25) is 0 Å². The third kappa shape index (κ3) is 3.61. The van der Waals surface area contributed by atoms with Gasteiger partial charge in [0.15, 0.2) is 11.5 Å². The van der Waals surface area contributed by atoms with Crippen molar-refractivity contribution in [1.82, 2.24) is 5.32 Å². The van der Waals surface area contributed by atoms with Gasteiger partial charge in [0, 0.05) is 13.1 Å². The zero-order chi connectivity index (χ0) is 12.3. The Bertz CT molecular complexity index is 385. The summed E-state index contributed by atoms with van der Waals surface area (Å²) in [6.07, 6.45) is 0. The monoisotopic (exact) mass is 237 g/mol. The second kappa shape index (κ2) is 4.94. The first kappa shape index (κ1) is 12.2. The Labute approximate surface area is 102 Å². The summed E-state index contributed by atoms with van der Waals surface area (Å²) in [5.74, 6) is 1.61. The van der Waals surface area contributed by atoms with Crippen LogP contribution in [0.4, 0.5) is 0 Å². The molecule has 0 aliphatic carbocycles. The van der Waals surface area contributed by atoms with Gasteiger partial charge in [-0.2, -0.15) is 0 Å². The first-order valence-electron chi connectivity index (χ1n) is 5.86. The van der Waals surface area contributed by atoms with Gasteiger partial charge in [0.2, 0.25) is 0 Å². The molecular weight excluding hydrogens is 218 g/mol. The van der Waals surface area contributed by atoms with E-state index in [0.29, 0.717) is 26.3 Å². The molecule has 4 nitrogen and oxygen atoms in total. The Hall–Kier alpha value is -1.26. The van der Waals surface area contributed by atoms with Gasteiger partial charge in [0.1, 0.15) is 13.2 Å². The quantitative estimate of drug-likeness (QED) is 0.829. The molecule has 0 bridgehead atoms. The molecule has 17 heavy (non-hydrogen) atoms. The van der Waals surface area contributed by atoms with Crippen LogP contribution in [0.25, 0.3) is 0 Å². The molecule has 1 aromatic carbocycles. The Morgan fingerprint density at radius 3 is 2.65 bits per heavy atom. The predicted molar refractivity (Wildman–Crippen MR) is 65.4 cm³/mol. The van der Waals surface area contributed by atoms with E-state index < -0.39 is 5.60 Å². The van der Waals surface area contributed by atoms with E-state index in [1.165, 1.54) is 0 Å². The van der Waals surface area contributed by atoms with Crippen LogP contribution in [0, 0.1) is 0 Å². The van der Waals surface area contributed by atoms with Crippen LogP contribution in [0.15, 0.2) is 18.2 Å². The van der Waals surface area contributed by atoms with Crippen molar-refractivity contribution in [3.63, 3.8) is 0 Å². The van der Waals surface area contributed by atoms with Gasteiger partial charge in [0.25, 0.3) is 0 Å². The van der Waals surface area contributed by atoms with Crippen LogP contribution in [0.1, 0.15) is 19.4 Å². The second-order valence-corrected chi connectivity index (χ2v) is 4.89. The van der Waals surface area contributed by atoms with Gasteiger partial charge in [-0.05, 0) is 31.5 Å². The summed E-state index contributed by atoms with van der Waals surface area (Å²) in [6, 6.07) is 5.91. The van der Waals surface area contributed by atoms with E-state index in [0.717, 1.165) is 17.1 Å². The summed E-state index contributed by atoms with van der Waals surface area (Å²) in [4.78, 5) is 0. The van der Waals surface area contributed by atoms with Crippen molar-refractivity contribution in [2.24, 2.45) is 0 Å². The SMILES string of the molecule is CC(C)(O)CNCc1ccc2c(c1)OCCO2. The number of fused-ring (bicyclic) bond motifs is 1. The van der Waals surface area contributed by atoms with Crippen molar-refractivity contribution >= 4 is 0 Å². The second-order valence-electron chi connectivity index (χ2n) is 4.89. The topological polar surface area (TPSA) is 50.7 Å². The highest BCUT2D eigenvalue weighted by Crippen LogP contribution is 2.30. The van der Waals surface area contributed by atoms with Gasteiger partial charge in [-0.25, -0.2) is 0 Å². The third-order valence-electron chi connectivity index (χ3n) is 2.49. The molecule has 1 aliphatic heterocycles. The number of nitrogens with one attached hydrogen (secondary N) is 1. The molecule has 0 amide bonds. The first-order chi connectivity index (χ1) is 8.04. The number of benzene rings is 1. The number of rotatable bonds is 4. The summed E-state index contributed by atoms with van der Waals surface area (Å²) in [5.41, 5.74) is 0.437. The zero-order valence-corrected chi connectivity index (χ0v) is 10.3. The van der Waals surface area contributed by atoms with E-state index in [9.17, 15) is 5.11 Å². The van der Waals surface area contributed by atoms with Crippen LogP contribution in [-0.4, -0.2) is 30.5 Å². The lowest BCUT2D eigenvalue weighted by atomic mass is 10.1. The number of aliphatic hydroxyl groups is 1. The number of hydrogen-bond acceptors (Lipinski definition) is 4. The molecule has 1 aliphatic rings. The largest absolute Gasteiger partial charge is 0.486 e. The van der Waals surface area contributed by atoms with E-state index >= 15 is 0 Å². The Morgan fingerprint density at radius 2 is 1.94 bits per heavy atom. The van der Waals surface area contributed by atoms with Crippen LogP contribution >= 0.6 is 0 Å². The van der Waals surface area contributed by atoms with Crippen molar-refractivity contribution in [2.45, 2.75) is 26.0 Å². The summed E-state index contributed by atoms with van der Waals surface area (Å²) in [5, 5.41) is 12.8. The van der Waals surface area contributed by atoms with Gasteiger partial charge in [-0.1, -0.05) is 6.07 Å². The van der Waals surface area contributed by atoms with E-state index in [4.69, 9.17) is 9.47 Å². The van der Waals surface area contributed by atoms with Crippen LogP contribution < -0.4 is 14.8 Å². The average Bonchev–Trinajstić information content (AvgIpc) is 2.27. The molecule has 0 radical (unpaired) electrons.